The Balaban J connectivity index is 0. The summed E-state index contributed by atoms with van der Waals surface area (Å²) in [4.78, 5) is 46.3. The smallest absolute Gasteiger partial charge is 0.466 e. The van der Waals surface area contributed by atoms with E-state index < -0.39 is 15.6 Å². The van der Waals surface area contributed by atoms with Gasteiger partial charge in [0, 0.05) is 0 Å². The Labute approximate surface area is 147 Å². The molecule has 3 saturated heterocycles. The zero-order valence-corrected chi connectivity index (χ0v) is 16.7. The Morgan fingerprint density at radius 1 is 1.00 bits per heavy atom. The molecule has 0 saturated carbocycles. The highest BCUT2D eigenvalue weighted by molar-refractivity contribution is 9.09. The maximum Gasteiger partial charge on any atom is 0.466 e. The molecule has 3 rings (SSSR count). The number of fused-ring (bicyclic) bond motifs is 3. The molecule has 6 N–H and O–H groups in total. The molecule has 0 atom stereocenters. The standard InChI is InChI=1S/C8H16BrN2.BrH.2H3O4P/c9-1-5-11-6-2-10(3-7-11)4-8-11;;2*1-5(2,3)4/h1-8H2;1H;2*(H3,1,2,3,4)/q+1;;;/p-1. The van der Waals surface area contributed by atoms with Crippen molar-refractivity contribution < 1.29 is 64.9 Å². The van der Waals surface area contributed by atoms with Gasteiger partial charge in [-0.3, -0.25) is 4.57 Å². The molecular formula is C8H22Br2N2O8P2. The zero-order chi connectivity index (χ0) is 16.7. The number of hydrogen-bond acceptors (Lipinski definition) is 3. The minimum absolute atomic E-state index is 0. The van der Waals surface area contributed by atoms with E-state index in [1.54, 1.807) is 0 Å². The topological polar surface area (TPSA) is 163 Å². The lowest BCUT2D eigenvalue weighted by Crippen LogP contribution is -3.19. The maximum absolute atomic E-state index is 8.88. The molecular weight excluding hydrogens is 474 g/mol. The normalized spacial score (nSPS) is 26.8. The summed E-state index contributed by atoms with van der Waals surface area (Å²) in [7, 11) is -9.53. The minimum atomic E-state index is -4.89. The number of halogens is 2. The molecule has 0 radical (unpaired) electrons. The van der Waals surface area contributed by atoms with Crippen LogP contribution in [0.5, 0.6) is 0 Å². The van der Waals surface area contributed by atoms with Gasteiger partial charge in [-0.05, 0) is 0 Å². The third kappa shape index (κ3) is 16.0. The summed E-state index contributed by atoms with van der Waals surface area (Å²) in [6.07, 6.45) is 0. The van der Waals surface area contributed by atoms with Gasteiger partial charge in [0.15, 0.2) is 0 Å². The third-order valence-corrected chi connectivity index (χ3v) is 3.73. The van der Waals surface area contributed by atoms with Gasteiger partial charge in [-0.15, -0.1) is 0 Å². The number of phosphoric acid groups is 2. The van der Waals surface area contributed by atoms with E-state index >= 15 is 0 Å². The number of nitrogens with zero attached hydrogens (tertiary/aromatic N) is 1. The summed E-state index contributed by atoms with van der Waals surface area (Å²) in [6.45, 7) is 9.92. The van der Waals surface area contributed by atoms with Crippen molar-refractivity contribution in [3.8, 4) is 0 Å². The quantitative estimate of drug-likeness (QED) is 0.125. The van der Waals surface area contributed by atoms with Crippen molar-refractivity contribution in [1.29, 1.82) is 0 Å². The van der Waals surface area contributed by atoms with Crippen molar-refractivity contribution in [3.05, 3.63) is 0 Å². The van der Waals surface area contributed by atoms with Crippen molar-refractivity contribution >= 4 is 31.6 Å². The van der Waals surface area contributed by atoms with E-state index in [0.717, 1.165) is 0 Å². The summed E-state index contributed by atoms with van der Waals surface area (Å²) in [5.41, 5.74) is 0. The first-order valence-corrected chi connectivity index (χ1v) is 10.4. The summed E-state index contributed by atoms with van der Waals surface area (Å²) in [6, 6.07) is 0. The van der Waals surface area contributed by atoms with Crippen molar-refractivity contribution in [2.75, 3.05) is 51.1 Å². The van der Waals surface area contributed by atoms with Gasteiger partial charge in [-0.2, -0.15) is 0 Å². The van der Waals surface area contributed by atoms with Crippen LogP contribution in [0.3, 0.4) is 0 Å². The van der Waals surface area contributed by atoms with Gasteiger partial charge >= 0.3 is 7.82 Å². The first kappa shape index (κ1) is 25.3. The van der Waals surface area contributed by atoms with Gasteiger partial charge in [0.25, 0.3) is 7.82 Å². The average molecular weight is 496 g/mol. The molecule has 3 aliphatic heterocycles. The number of hydrogen-bond donors (Lipinski definition) is 6. The highest BCUT2D eigenvalue weighted by Crippen LogP contribution is 2.25. The fourth-order valence-electron chi connectivity index (χ4n) is 2.41. The monoisotopic (exact) mass is 494 g/mol. The largest absolute Gasteiger partial charge is 1.00 e. The number of rotatable bonds is 2. The summed E-state index contributed by atoms with van der Waals surface area (Å²) in [5, 5.41) is 1.18. The Morgan fingerprint density at radius 3 is 1.50 bits per heavy atom. The minimum Gasteiger partial charge on any atom is -1.00 e. The van der Waals surface area contributed by atoms with Crippen LogP contribution in [0.15, 0.2) is 0 Å². The second-order valence-electron chi connectivity index (χ2n) is 4.93. The summed E-state index contributed by atoms with van der Waals surface area (Å²) < 4.78 is 19.1. The van der Waals surface area contributed by atoms with Crippen molar-refractivity contribution in [2.24, 2.45) is 0 Å². The van der Waals surface area contributed by atoms with Crippen molar-refractivity contribution in [1.82, 2.24) is 0 Å². The predicted molar refractivity (Wildman–Crippen MR) is 75.4 cm³/mol. The van der Waals surface area contributed by atoms with Crippen molar-refractivity contribution in [3.63, 3.8) is 0 Å². The van der Waals surface area contributed by atoms with Crippen LogP contribution in [0.1, 0.15) is 0 Å². The first-order valence-electron chi connectivity index (χ1n) is 6.14. The molecule has 14 heteroatoms. The second kappa shape index (κ2) is 10.9. The second-order valence-corrected chi connectivity index (χ2v) is 7.73. The Bertz CT molecular complexity index is 339. The van der Waals surface area contributed by atoms with Gasteiger partial charge < -0.3 is 55.7 Å². The van der Waals surface area contributed by atoms with E-state index in [0.29, 0.717) is 0 Å². The Hall–Kier alpha value is 1.10. The number of quaternary nitrogens is 2. The van der Waals surface area contributed by atoms with E-state index in [2.05, 4.69) is 15.9 Å². The van der Waals surface area contributed by atoms with Crippen LogP contribution in [-0.2, 0) is 9.13 Å². The van der Waals surface area contributed by atoms with Crippen LogP contribution >= 0.6 is 31.6 Å². The number of nitrogens with one attached hydrogen (secondary N) is 1. The summed E-state index contributed by atoms with van der Waals surface area (Å²) >= 11 is 3.56. The molecule has 136 valence electrons. The lowest BCUT2D eigenvalue weighted by atomic mass is 10.1. The fourth-order valence-corrected chi connectivity index (χ4v) is 3.16. The average Bonchev–Trinajstić information content (AvgIpc) is 2.27. The Kier molecular flexibility index (Phi) is 12.5. The van der Waals surface area contributed by atoms with Gasteiger partial charge in [0.05, 0.1) is 11.9 Å². The molecule has 3 fully saturated rings. The Morgan fingerprint density at radius 2 is 1.27 bits per heavy atom. The van der Waals surface area contributed by atoms with Crippen LogP contribution < -0.4 is 26.8 Å². The molecule has 0 unspecified atom stereocenters. The zero-order valence-electron chi connectivity index (χ0n) is 11.7. The molecule has 3 aliphatic rings. The SMILES string of the molecule is BrCC[N+]12CC[NH+](CC1)CC2.O=P(O)(O)O.O=P([O-])(O)O.[Br-]. The van der Waals surface area contributed by atoms with Gasteiger partial charge in [-0.1, -0.05) is 15.9 Å². The molecule has 2 bridgehead atoms. The van der Waals surface area contributed by atoms with Crippen LogP contribution in [-0.4, -0.2) is 80.1 Å². The first-order chi connectivity index (χ1) is 9.35. The molecule has 3 heterocycles. The van der Waals surface area contributed by atoms with Gasteiger partial charge in [0.1, 0.15) is 39.3 Å². The number of piperazine rings is 3. The van der Waals surface area contributed by atoms with Gasteiger partial charge in [0.2, 0.25) is 0 Å². The molecule has 0 aliphatic carbocycles. The van der Waals surface area contributed by atoms with E-state index in [9.17, 15) is 0 Å². The molecule has 10 nitrogen and oxygen atoms in total. The lowest BCUT2D eigenvalue weighted by molar-refractivity contribution is -1.07. The van der Waals surface area contributed by atoms with E-state index in [1.165, 1.54) is 55.6 Å². The van der Waals surface area contributed by atoms with Crippen LogP contribution in [0.4, 0.5) is 0 Å². The van der Waals surface area contributed by atoms with Crippen LogP contribution in [0.2, 0.25) is 0 Å². The lowest BCUT2D eigenvalue weighted by Gasteiger charge is -2.47. The molecule has 22 heavy (non-hydrogen) atoms. The highest BCUT2D eigenvalue weighted by Gasteiger charge is 2.40. The molecule has 0 aromatic rings. The van der Waals surface area contributed by atoms with Gasteiger partial charge in [-0.25, -0.2) is 4.57 Å². The summed E-state index contributed by atoms with van der Waals surface area (Å²) in [5.74, 6) is 0. The third-order valence-electron chi connectivity index (χ3n) is 3.38. The fraction of sp³-hybridized carbons (Fsp3) is 1.00. The molecule has 0 spiro atoms. The molecule has 0 amide bonds. The van der Waals surface area contributed by atoms with Crippen LogP contribution in [0, 0.1) is 0 Å². The van der Waals surface area contributed by atoms with E-state index in [-0.39, 0.29) is 17.0 Å². The van der Waals surface area contributed by atoms with Crippen molar-refractivity contribution in [2.45, 2.75) is 0 Å². The van der Waals surface area contributed by atoms with E-state index in [1.807, 2.05) is 4.90 Å². The molecule has 0 aromatic carbocycles. The predicted octanol–water partition coefficient (Wildman–Crippen LogP) is -6.37. The van der Waals surface area contributed by atoms with Crippen LogP contribution in [0.25, 0.3) is 0 Å². The van der Waals surface area contributed by atoms with E-state index in [4.69, 9.17) is 38.5 Å². The highest BCUT2D eigenvalue weighted by atomic mass is 79.9. The number of alkyl halides is 1. The maximum atomic E-state index is 8.88. The molecule has 0 aromatic heterocycles.